The van der Waals surface area contributed by atoms with Crippen molar-refractivity contribution in [1.82, 2.24) is 9.88 Å². The van der Waals surface area contributed by atoms with Crippen LogP contribution in [0.2, 0.25) is 0 Å². The van der Waals surface area contributed by atoms with E-state index in [0.717, 1.165) is 24.5 Å². The Morgan fingerprint density at radius 1 is 0.941 bits per heavy atom. The fourth-order valence-corrected chi connectivity index (χ4v) is 4.40. The Bertz CT molecular complexity index is 1180. The van der Waals surface area contributed by atoms with Crippen LogP contribution in [0, 0.1) is 0 Å². The van der Waals surface area contributed by atoms with Crippen LogP contribution in [-0.2, 0) is 9.53 Å². The van der Waals surface area contributed by atoms with Crippen LogP contribution < -0.4 is 19.7 Å². The number of benzene rings is 2. The molecule has 1 aromatic heterocycles. The van der Waals surface area contributed by atoms with Gasteiger partial charge in [-0.3, -0.25) is 9.69 Å². The van der Waals surface area contributed by atoms with Crippen molar-refractivity contribution in [3.05, 3.63) is 48.2 Å². The van der Waals surface area contributed by atoms with Gasteiger partial charge in [0.25, 0.3) is 0 Å². The number of rotatable bonds is 7. The Kier molecular flexibility index (Phi) is 6.93. The number of carbonyl (C=O) groups is 2. The first kappa shape index (κ1) is 23.4. The van der Waals surface area contributed by atoms with Crippen LogP contribution >= 0.6 is 0 Å². The highest BCUT2D eigenvalue weighted by Crippen LogP contribution is 2.36. The van der Waals surface area contributed by atoms with Gasteiger partial charge in [0.1, 0.15) is 17.2 Å². The van der Waals surface area contributed by atoms with Crippen LogP contribution in [0.25, 0.3) is 10.9 Å². The van der Waals surface area contributed by atoms with Crippen molar-refractivity contribution in [2.75, 3.05) is 57.7 Å². The first-order chi connectivity index (χ1) is 16.5. The number of hydrogen-bond acceptors (Lipinski definition) is 7. The summed E-state index contributed by atoms with van der Waals surface area (Å²) in [5.41, 5.74) is 2.27. The van der Waals surface area contributed by atoms with Gasteiger partial charge in [-0.2, -0.15) is 0 Å². The van der Waals surface area contributed by atoms with Crippen molar-refractivity contribution in [3.63, 3.8) is 0 Å². The van der Waals surface area contributed by atoms with Crippen LogP contribution in [0.3, 0.4) is 0 Å². The summed E-state index contributed by atoms with van der Waals surface area (Å²) >= 11 is 0. The molecule has 0 unspecified atom stereocenters. The summed E-state index contributed by atoms with van der Waals surface area (Å²) in [4.78, 5) is 33.1. The van der Waals surface area contributed by atoms with E-state index < -0.39 is 12.0 Å². The van der Waals surface area contributed by atoms with Gasteiger partial charge in [-0.15, -0.1) is 0 Å². The molecule has 1 saturated heterocycles. The van der Waals surface area contributed by atoms with E-state index in [4.69, 9.17) is 14.2 Å². The Morgan fingerprint density at radius 3 is 2.29 bits per heavy atom. The maximum Gasteiger partial charge on any atom is 0.356 e. The van der Waals surface area contributed by atoms with Crippen LogP contribution in [0.1, 0.15) is 17.4 Å². The van der Waals surface area contributed by atoms with E-state index in [-0.39, 0.29) is 11.6 Å². The first-order valence-electron chi connectivity index (χ1n) is 11.2. The fourth-order valence-electron chi connectivity index (χ4n) is 4.40. The molecule has 180 valence electrons. The number of anilines is 2. The molecule has 34 heavy (non-hydrogen) atoms. The summed E-state index contributed by atoms with van der Waals surface area (Å²) < 4.78 is 15.9. The molecular formula is C25H30N4O5. The lowest BCUT2D eigenvalue weighted by atomic mass is 10.1. The lowest BCUT2D eigenvalue weighted by Crippen LogP contribution is -2.53. The number of hydrogen-bond donors (Lipinski definition) is 2. The average molecular weight is 467 g/mol. The minimum Gasteiger partial charge on any atom is -0.496 e. The largest absolute Gasteiger partial charge is 0.496 e. The molecule has 4 rings (SSSR count). The molecule has 0 bridgehead atoms. The normalized spacial score (nSPS) is 15.1. The van der Waals surface area contributed by atoms with Crippen molar-refractivity contribution in [2.24, 2.45) is 0 Å². The Morgan fingerprint density at radius 2 is 1.62 bits per heavy atom. The number of H-pyrrole nitrogens is 1. The van der Waals surface area contributed by atoms with Crippen LogP contribution in [0.15, 0.2) is 42.5 Å². The second-order valence-corrected chi connectivity index (χ2v) is 8.11. The molecule has 1 amide bonds. The highest BCUT2D eigenvalue weighted by Gasteiger charge is 2.29. The number of para-hydroxylation sites is 2. The van der Waals surface area contributed by atoms with E-state index in [1.165, 1.54) is 7.11 Å². The maximum atomic E-state index is 13.3. The van der Waals surface area contributed by atoms with E-state index in [0.29, 0.717) is 35.4 Å². The number of nitrogens with zero attached hydrogens (tertiary/aromatic N) is 2. The standard InChI is InChI=1S/C25H30N4O5/c1-16(28-12-14-29(15-13-28)18-9-5-6-10-19(18)32-2)24(30)27-22-21-17(8-7-11-20(21)33-3)26-23(22)25(31)34-4/h5-11,16,26H,12-15H2,1-4H3,(H,27,30)/t16-/m1/s1. The van der Waals surface area contributed by atoms with E-state index in [1.807, 2.05) is 43.3 Å². The molecule has 0 aliphatic carbocycles. The minimum absolute atomic E-state index is 0.184. The number of aromatic nitrogens is 1. The monoisotopic (exact) mass is 466 g/mol. The second-order valence-electron chi connectivity index (χ2n) is 8.11. The number of carbonyl (C=O) groups excluding carboxylic acids is 2. The van der Waals surface area contributed by atoms with Crippen LogP contribution in [0.5, 0.6) is 11.5 Å². The minimum atomic E-state index is -0.563. The zero-order valence-electron chi connectivity index (χ0n) is 19.9. The molecule has 0 saturated carbocycles. The molecule has 1 fully saturated rings. The molecule has 2 aromatic carbocycles. The maximum absolute atomic E-state index is 13.3. The lowest BCUT2D eigenvalue weighted by molar-refractivity contribution is -0.120. The third-order valence-electron chi connectivity index (χ3n) is 6.31. The van der Waals surface area contributed by atoms with Crippen molar-refractivity contribution < 1.29 is 23.8 Å². The van der Waals surface area contributed by atoms with Crippen LogP contribution in [0.4, 0.5) is 11.4 Å². The number of methoxy groups -OCH3 is 3. The van der Waals surface area contributed by atoms with E-state index in [9.17, 15) is 9.59 Å². The molecule has 2 N–H and O–H groups in total. The molecule has 3 aromatic rings. The molecular weight excluding hydrogens is 436 g/mol. The van der Waals surface area contributed by atoms with Crippen molar-refractivity contribution >= 4 is 34.2 Å². The molecule has 0 spiro atoms. The van der Waals surface area contributed by atoms with Gasteiger partial charge >= 0.3 is 5.97 Å². The molecule has 2 heterocycles. The Balaban J connectivity index is 1.51. The Hall–Kier alpha value is -3.72. The predicted molar refractivity (Wildman–Crippen MR) is 131 cm³/mol. The molecule has 1 atom stereocenters. The average Bonchev–Trinajstić information content (AvgIpc) is 3.26. The van der Waals surface area contributed by atoms with Gasteiger partial charge in [-0.05, 0) is 31.2 Å². The van der Waals surface area contributed by atoms with Gasteiger partial charge in [0.2, 0.25) is 5.91 Å². The summed E-state index contributed by atoms with van der Waals surface area (Å²) in [7, 11) is 4.53. The fraction of sp³-hybridized carbons (Fsp3) is 0.360. The first-order valence-corrected chi connectivity index (χ1v) is 11.2. The second kappa shape index (κ2) is 10.0. The van der Waals surface area contributed by atoms with Gasteiger partial charge in [0.15, 0.2) is 0 Å². The number of fused-ring (bicyclic) bond motifs is 1. The highest BCUT2D eigenvalue weighted by atomic mass is 16.5. The number of nitrogens with one attached hydrogen (secondary N) is 2. The number of ether oxygens (including phenoxy) is 3. The van der Waals surface area contributed by atoms with Gasteiger partial charge in [0, 0.05) is 26.2 Å². The SMILES string of the molecule is COC(=O)c1[nH]c2cccc(OC)c2c1NC(=O)[C@@H](C)N1CCN(c2ccccc2OC)CC1. The summed E-state index contributed by atoms with van der Waals surface area (Å²) in [5.74, 6) is 0.622. The van der Waals surface area contributed by atoms with Crippen LogP contribution in [-0.4, -0.2) is 75.3 Å². The topological polar surface area (TPSA) is 96.1 Å². The lowest BCUT2D eigenvalue weighted by Gasteiger charge is -2.38. The van der Waals surface area contributed by atoms with Crippen molar-refractivity contribution in [2.45, 2.75) is 13.0 Å². The summed E-state index contributed by atoms with van der Waals surface area (Å²) in [5, 5.41) is 3.59. The van der Waals surface area contributed by atoms with E-state index in [1.54, 1.807) is 20.3 Å². The Labute approximate surface area is 198 Å². The summed E-state index contributed by atoms with van der Waals surface area (Å²) in [6, 6.07) is 13.0. The predicted octanol–water partition coefficient (Wildman–Crippen LogP) is 3.12. The number of esters is 1. The third-order valence-corrected chi connectivity index (χ3v) is 6.31. The molecule has 1 aliphatic rings. The van der Waals surface area contributed by atoms with Crippen molar-refractivity contribution in [1.29, 1.82) is 0 Å². The van der Waals surface area contributed by atoms with Crippen molar-refractivity contribution in [3.8, 4) is 11.5 Å². The van der Waals surface area contributed by atoms with E-state index >= 15 is 0 Å². The zero-order chi connectivity index (χ0) is 24.2. The summed E-state index contributed by atoms with van der Waals surface area (Å²) in [6.45, 7) is 4.85. The smallest absolute Gasteiger partial charge is 0.356 e. The number of amides is 1. The molecule has 9 heteroatoms. The zero-order valence-corrected chi connectivity index (χ0v) is 19.9. The quantitative estimate of drug-likeness (QED) is 0.517. The molecule has 9 nitrogen and oxygen atoms in total. The van der Waals surface area contributed by atoms with Gasteiger partial charge < -0.3 is 29.4 Å². The van der Waals surface area contributed by atoms with Gasteiger partial charge in [0.05, 0.1) is 49.6 Å². The molecule has 1 aliphatic heterocycles. The van der Waals surface area contributed by atoms with Gasteiger partial charge in [-0.1, -0.05) is 18.2 Å². The van der Waals surface area contributed by atoms with E-state index in [2.05, 4.69) is 20.1 Å². The summed E-state index contributed by atoms with van der Waals surface area (Å²) in [6.07, 6.45) is 0. The number of aromatic amines is 1. The highest BCUT2D eigenvalue weighted by molar-refractivity contribution is 6.13. The number of piperazine rings is 1. The molecule has 0 radical (unpaired) electrons. The van der Waals surface area contributed by atoms with Gasteiger partial charge in [-0.25, -0.2) is 4.79 Å². The third kappa shape index (κ3) is 4.38.